The van der Waals surface area contributed by atoms with E-state index in [2.05, 4.69) is 13.8 Å². The lowest BCUT2D eigenvalue weighted by Gasteiger charge is -2.18. The van der Waals surface area contributed by atoms with Gasteiger partial charge in [-0.2, -0.15) is 0 Å². The Morgan fingerprint density at radius 1 is 1.36 bits per heavy atom. The highest BCUT2D eigenvalue weighted by Crippen LogP contribution is 2.21. The average molecular weight is 158 g/mol. The van der Waals surface area contributed by atoms with Crippen molar-refractivity contribution in [2.75, 3.05) is 0 Å². The third-order valence-corrected chi connectivity index (χ3v) is 2.35. The van der Waals surface area contributed by atoms with Gasteiger partial charge in [0, 0.05) is 6.42 Å². The molecule has 0 aliphatic heterocycles. The van der Waals surface area contributed by atoms with Crippen LogP contribution < -0.4 is 0 Å². The molecule has 0 aromatic rings. The fraction of sp³-hybridized carbons (Fsp3) is 0.889. The summed E-state index contributed by atoms with van der Waals surface area (Å²) in [6, 6.07) is 0. The third kappa shape index (κ3) is 4.02. The molecule has 0 aliphatic rings. The molecule has 0 spiro atoms. The summed E-state index contributed by atoms with van der Waals surface area (Å²) in [5, 5.41) is 8.52. The highest BCUT2D eigenvalue weighted by atomic mass is 16.4. The van der Waals surface area contributed by atoms with E-state index in [0.29, 0.717) is 18.3 Å². The molecule has 0 aliphatic carbocycles. The van der Waals surface area contributed by atoms with Crippen molar-refractivity contribution in [1.29, 1.82) is 0 Å². The molecule has 0 rings (SSSR count). The average Bonchev–Trinajstić information content (AvgIpc) is 1.88. The van der Waals surface area contributed by atoms with Crippen LogP contribution >= 0.6 is 0 Å². The number of hydrogen-bond donors (Lipinski definition) is 1. The number of rotatable bonds is 5. The molecule has 0 radical (unpaired) electrons. The van der Waals surface area contributed by atoms with Gasteiger partial charge >= 0.3 is 5.97 Å². The Morgan fingerprint density at radius 3 is 2.09 bits per heavy atom. The molecular formula is C9H18O2. The van der Waals surface area contributed by atoms with Crippen LogP contribution in [0.3, 0.4) is 0 Å². The lowest BCUT2D eigenvalue weighted by molar-refractivity contribution is -0.138. The van der Waals surface area contributed by atoms with Crippen LogP contribution in [0.25, 0.3) is 0 Å². The lowest BCUT2D eigenvalue weighted by atomic mass is 9.87. The first-order chi connectivity index (χ1) is 5.11. The van der Waals surface area contributed by atoms with Crippen LogP contribution in [0.4, 0.5) is 0 Å². The predicted octanol–water partition coefficient (Wildman–Crippen LogP) is 2.53. The van der Waals surface area contributed by atoms with E-state index in [4.69, 9.17) is 5.11 Å². The Kier molecular flexibility index (Phi) is 4.92. The van der Waals surface area contributed by atoms with Crippen molar-refractivity contribution in [1.82, 2.24) is 0 Å². The van der Waals surface area contributed by atoms with Crippen molar-refractivity contribution in [3.8, 4) is 0 Å². The SMILES string of the molecule is CCC(CC)C(C)CC(=O)O. The van der Waals surface area contributed by atoms with Crippen LogP contribution in [0.1, 0.15) is 40.0 Å². The molecule has 0 saturated heterocycles. The quantitative estimate of drug-likeness (QED) is 0.667. The van der Waals surface area contributed by atoms with Gasteiger partial charge in [0.15, 0.2) is 0 Å². The lowest BCUT2D eigenvalue weighted by Crippen LogP contribution is -2.14. The highest BCUT2D eigenvalue weighted by molar-refractivity contribution is 5.66. The van der Waals surface area contributed by atoms with E-state index < -0.39 is 5.97 Å². The monoisotopic (exact) mass is 158 g/mol. The molecule has 0 heterocycles. The minimum atomic E-state index is -0.676. The van der Waals surface area contributed by atoms with Crippen LogP contribution in [0.15, 0.2) is 0 Å². The van der Waals surface area contributed by atoms with Gasteiger partial charge in [-0.15, -0.1) is 0 Å². The molecule has 0 saturated carbocycles. The standard InChI is InChI=1S/C9H18O2/c1-4-8(5-2)7(3)6-9(10)11/h7-8H,4-6H2,1-3H3,(H,10,11). The van der Waals surface area contributed by atoms with Gasteiger partial charge in [-0.1, -0.05) is 33.6 Å². The Bertz CT molecular complexity index is 117. The number of carbonyl (C=O) groups is 1. The van der Waals surface area contributed by atoms with Gasteiger partial charge in [-0.3, -0.25) is 4.79 Å². The number of carboxylic acids is 1. The summed E-state index contributed by atoms with van der Waals surface area (Å²) in [7, 11) is 0. The molecule has 11 heavy (non-hydrogen) atoms. The first-order valence-corrected chi connectivity index (χ1v) is 4.33. The van der Waals surface area contributed by atoms with Crippen molar-refractivity contribution in [2.45, 2.75) is 40.0 Å². The molecule has 0 fully saturated rings. The Morgan fingerprint density at radius 2 is 1.82 bits per heavy atom. The fourth-order valence-electron chi connectivity index (χ4n) is 1.54. The zero-order valence-electron chi connectivity index (χ0n) is 7.63. The maximum atomic E-state index is 10.3. The van der Waals surface area contributed by atoms with Gasteiger partial charge < -0.3 is 5.11 Å². The second-order valence-electron chi connectivity index (χ2n) is 3.15. The minimum absolute atomic E-state index is 0.312. The summed E-state index contributed by atoms with van der Waals surface area (Å²) in [5.41, 5.74) is 0. The predicted molar refractivity (Wildman–Crippen MR) is 45.5 cm³/mol. The largest absolute Gasteiger partial charge is 0.481 e. The van der Waals surface area contributed by atoms with Gasteiger partial charge in [0.05, 0.1) is 0 Å². The van der Waals surface area contributed by atoms with Gasteiger partial charge in [-0.05, 0) is 11.8 Å². The normalized spacial score (nSPS) is 13.5. The molecule has 1 N–H and O–H groups in total. The van der Waals surface area contributed by atoms with E-state index in [-0.39, 0.29) is 0 Å². The minimum Gasteiger partial charge on any atom is -0.481 e. The first kappa shape index (κ1) is 10.5. The zero-order chi connectivity index (χ0) is 8.85. The summed E-state index contributed by atoms with van der Waals surface area (Å²) in [6.07, 6.45) is 2.49. The number of aliphatic carboxylic acids is 1. The smallest absolute Gasteiger partial charge is 0.303 e. The maximum absolute atomic E-state index is 10.3. The van der Waals surface area contributed by atoms with Crippen molar-refractivity contribution in [3.63, 3.8) is 0 Å². The highest BCUT2D eigenvalue weighted by Gasteiger charge is 2.15. The molecule has 0 bridgehead atoms. The van der Waals surface area contributed by atoms with Crippen molar-refractivity contribution in [3.05, 3.63) is 0 Å². The van der Waals surface area contributed by atoms with Crippen molar-refractivity contribution >= 4 is 5.97 Å². The summed E-state index contributed by atoms with van der Waals surface area (Å²) < 4.78 is 0. The molecule has 2 heteroatoms. The molecule has 1 atom stereocenters. The molecule has 0 amide bonds. The van der Waals surface area contributed by atoms with Crippen LogP contribution in [0.2, 0.25) is 0 Å². The Hall–Kier alpha value is -0.530. The molecule has 2 nitrogen and oxygen atoms in total. The maximum Gasteiger partial charge on any atom is 0.303 e. The molecule has 0 aromatic carbocycles. The van der Waals surface area contributed by atoms with Crippen LogP contribution in [-0.2, 0) is 4.79 Å². The number of carboxylic acid groups (broad SMARTS) is 1. The third-order valence-electron chi connectivity index (χ3n) is 2.35. The Balaban J connectivity index is 3.78. The number of hydrogen-bond acceptors (Lipinski definition) is 1. The molecular weight excluding hydrogens is 140 g/mol. The van der Waals surface area contributed by atoms with E-state index >= 15 is 0 Å². The second kappa shape index (κ2) is 5.16. The summed E-state index contributed by atoms with van der Waals surface area (Å²) in [4.78, 5) is 10.3. The molecule has 0 aromatic heterocycles. The van der Waals surface area contributed by atoms with Gasteiger partial charge in [0.25, 0.3) is 0 Å². The zero-order valence-corrected chi connectivity index (χ0v) is 7.63. The van der Waals surface area contributed by atoms with Crippen LogP contribution in [0, 0.1) is 11.8 Å². The van der Waals surface area contributed by atoms with E-state index in [0.717, 1.165) is 12.8 Å². The van der Waals surface area contributed by atoms with Crippen molar-refractivity contribution < 1.29 is 9.90 Å². The van der Waals surface area contributed by atoms with Gasteiger partial charge in [0.2, 0.25) is 0 Å². The van der Waals surface area contributed by atoms with E-state index in [9.17, 15) is 4.79 Å². The van der Waals surface area contributed by atoms with Crippen molar-refractivity contribution in [2.24, 2.45) is 11.8 Å². The first-order valence-electron chi connectivity index (χ1n) is 4.33. The van der Waals surface area contributed by atoms with E-state index in [1.165, 1.54) is 0 Å². The van der Waals surface area contributed by atoms with E-state index in [1.807, 2.05) is 6.92 Å². The van der Waals surface area contributed by atoms with E-state index in [1.54, 1.807) is 0 Å². The summed E-state index contributed by atoms with van der Waals surface area (Å²) >= 11 is 0. The second-order valence-corrected chi connectivity index (χ2v) is 3.15. The topological polar surface area (TPSA) is 37.3 Å². The van der Waals surface area contributed by atoms with Crippen LogP contribution in [0.5, 0.6) is 0 Å². The molecule has 1 unspecified atom stereocenters. The summed E-state index contributed by atoms with van der Waals surface area (Å²) in [6.45, 7) is 6.25. The summed E-state index contributed by atoms with van der Waals surface area (Å²) in [5.74, 6) is 0.220. The van der Waals surface area contributed by atoms with Gasteiger partial charge in [-0.25, -0.2) is 0 Å². The molecule has 66 valence electrons. The van der Waals surface area contributed by atoms with Gasteiger partial charge in [0.1, 0.15) is 0 Å². The fourth-order valence-corrected chi connectivity index (χ4v) is 1.54. The Labute approximate surface area is 68.6 Å². The van der Waals surface area contributed by atoms with Crippen LogP contribution in [-0.4, -0.2) is 11.1 Å².